The molecule has 0 aromatic heterocycles. The van der Waals surface area contributed by atoms with Crippen LogP contribution in [0.25, 0.3) is 10.8 Å². The SMILES string of the molecule is Cc1ccc2cc(N(C)CC3CNC3)ccc2c1. The van der Waals surface area contributed by atoms with Crippen LogP contribution in [0.5, 0.6) is 0 Å². The van der Waals surface area contributed by atoms with Crippen molar-refractivity contribution in [2.75, 3.05) is 31.6 Å². The highest BCUT2D eigenvalue weighted by Gasteiger charge is 2.18. The van der Waals surface area contributed by atoms with Gasteiger partial charge in [-0.05, 0) is 29.8 Å². The summed E-state index contributed by atoms with van der Waals surface area (Å²) in [5, 5.41) is 5.99. The van der Waals surface area contributed by atoms with Crippen LogP contribution in [-0.2, 0) is 0 Å². The van der Waals surface area contributed by atoms with Crippen LogP contribution in [0, 0.1) is 12.8 Å². The first-order chi connectivity index (χ1) is 8.72. The second-order valence-electron chi connectivity index (χ2n) is 5.44. The molecule has 1 fully saturated rings. The van der Waals surface area contributed by atoms with Crippen LogP contribution in [0.1, 0.15) is 5.56 Å². The van der Waals surface area contributed by atoms with Crippen LogP contribution < -0.4 is 10.2 Å². The van der Waals surface area contributed by atoms with Crippen molar-refractivity contribution in [2.45, 2.75) is 6.92 Å². The van der Waals surface area contributed by atoms with Gasteiger partial charge in [0.05, 0.1) is 0 Å². The summed E-state index contributed by atoms with van der Waals surface area (Å²) < 4.78 is 0. The zero-order chi connectivity index (χ0) is 12.5. The summed E-state index contributed by atoms with van der Waals surface area (Å²) >= 11 is 0. The van der Waals surface area contributed by atoms with E-state index in [1.165, 1.54) is 22.0 Å². The van der Waals surface area contributed by atoms with Gasteiger partial charge in [-0.2, -0.15) is 0 Å². The molecule has 1 aliphatic rings. The molecule has 0 radical (unpaired) electrons. The predicted molar refractivity (Wildman–Crippen MR) is 78.3 cm³/mol. The minimum absolute atomic E-state index is 0.809. The van der Waals surface area contributed by atoms with Crippen molar-refractivity contribution in [1.29, 1.82) is 0 Å². The van der Waals surface area contributed by atoms with Crippen molar-refractivity contribution in [3.05, 3.63) is 42.0 Å². The van der Waals surface area contributed by atoms with Gasteiger partial charge in [0.15, 0.2) is 0 Å². The maximum atomic E-state index is 3.33. The number of benzene rings is 2. The van der Waals surface area contributed by atoms with Crippen LogP contribution in [-0.4, -0.2) is 26.7 Å². The molecule has 0 bridgehead atoms. The Kier molecular flexibility index (Phi) is 2.96. The second kappa shape index (κ2) is 4.62. The molecule has 2 aromatic carbocycles. The third-order valence-electron chi connectivity index (χ3n) is 3.82. The second-order valence-corrected chi connectivity index (χ2v) is 5.44. The van der Waals surface area contributed by atoms with Crippen molar-refractivity contribution in [2.24, 2.45) is 5.92 Å². The number of aryl methyl sites for hydroxylation is 1. The van der Waals surface area contributed by atoms with E-state index in [4.69, 9.17) is 0 Å². The van der Waals surface area contributed by atoms with E-state index >= 15 is 0 Å². The fraction of sp³-hybridized carbons (Fsp3) is 0.375. The van der Waals surface area contributed by atoms with Crippen LogP contribution in [0.3, 0.4) is 0 Å². The zero-order valence-electron chi connectivity index (χ0n) is 11.1. The van der Waals surface area contributed by atoms with Crippen LogP contribution in [0.15, 0.2) is 36.4 Å². The van der Waals surface area contributed by atoms with Crippen LogP contribution in [0.2, 0.25) is 0 Å². The minimum Gasteiger partial charge on any atom is -0.374 e. The molecule has 0 spiro atoms. The Hall–Kier alpha value is -1.54. The van der Waals surface area contributed by atoms with Gasteiger partial charge in [0.1, 0.15) is 0 Å². The fourth-order valence-electron chi connectivity index (χ4n) is 2.56. The summed E-state index contributed by atoms with van der Waals surface area (Å²) in [6.45, 7) is 5.61. The Balaban J connectivity index is 1.85. The van der Waals surface area contributed by atoms with Gasteiger partial charge in [-0.3, -0.25) is 0 Å². The van der Waals surface area contributed by atoms with Gasteiger partial charge in [-0.25, -0.2) is 0 Å². The highest BCUT2D eigenvalue weighted by Crippen LogP contribution is 2.23. The van der Waals surface area contributed by atoms with E-state index in [9.17, 15) is 0 Å². The molecule has 1 aliphatic heterocycles. The molecule has 94 valence electrons. The third-order valence-corrected chi connectivity index (χ3v) is 3.82. The van der Waals surface area contributed by atoms with E-state index in [2.05, 4.69) is 60.6 Å². The Bertz CT molecular complexity index is 558. The van der Waals surface area contributed by atoms with E-state index in [1.54, 1.807) is 0 Å². The number of hydrogen-bond acceptors (Lipinski definition) is 2. The molecule has 3 rings (SSSR count). The molecule has 1 N–H and O–H groups in total. The number of rotatable bonds is 3. The topological polar surface area (TPSA) is 15.3 Å². The smallest absolute Gasteiger partial charge is 0.0370 e. The average Bonchev–Trinajstić information content (AvgIpc) is 2.33. The van der Waals surface area contributed by atoms with Gasteiger partial charge in [-0.1, -0.05) is 29.8 Å². The highest BCUT2D eigenvalue weighted by molar-refractivity contribution is 5.86. The molecule has 2 heteroatoms. The maximum absolute atomic E-state index is 3.33. The Morgan fingerprint density at radius 3 is 2.56 bits per heavy atom. The van der Waals surface area contributed by atoms with Crippen molar-refractivity contribution in [3.63, 3.8) is 0 Å². The lowest BCUT2D eigenvalue weighted by molar-refractivity contribution is 0.353. The molecule has 0 aliphatic carbocycles. The first kappa shape index (κ1) is 11.5. The largest absolute Gasteiger partial charge is 0.374 e. The van der Waals surface area contributed by atoms with E-state index in [-0.39, 0.29) is 0 Å². The third kappa shape index (κ3) is 2.21. The van der Waals surface area contributed by atoms with Crippen LogP contribution in [0.4, 0.5) is 5.69 Å². The van der Waals surface area contributed by atoms with Crippen molar-refractivity contribution < 1.29 is 0 Å². The number of fused-ring (bicyclic) bond motifs is 1. The minimum atomic E-state index is 0.809. The molecule has 2 nitrogen and oxygen atoms in total. The van der Waals surface area contributed by atoms with E-state index in [0.29, 0.717) is 0 Å². The van der Waals surface area contributed by atoms with E-state index < -0.39 is 0 Å². The molecule has 0 atom stereocenters. The van der Waals surface area contributed by atoms with Crippen LogP contribution >= 0.6 is 0 Å². The molecule has 0 saturated carbocycles. The molecule has 0 unspecified atom stereocenters. The Labute approximate surface area is 109 Å². The van der Waals surface area contributed by atoms with Gasteiger partial charge in [0.2, 0.25) is 0 Å². The summed E-state index contributed by atoms with van der Waals surface area (Å²) in [7, 11) is 2.19. The van der Waals surface area contributed by atoms with E-state index in [0.717, 1.165) is 25.6 Å². The van der Waals surface area contributed by atoms with Crippen molar-refractivity contribution in [1.82, 2.24) is 5.32 Å². The number of nitrogens with one attached hydrogen (secondary N) is 1. The summed E-state index contributed by atoms with van der Waals surface area (Å²) in [6, 6.07) is 13.4. The van der Waals surface area contributed by atoms with Gasteiger partial charge < -0.3 is 10.2 Å². The number of nitrogens with zero attached hydrogens (tertiary/aromatic N) is 1. The Morgan fingerprint density at radius 2 is 1.83 bits per heavy atom. The lowest BCUT2D eigenvalue weighted by atomic mass is 10.0. The molecular formula is C16H20N2. The number of anilines is 1. The molecule has 1 saturated heterocycles. The quantitative estimate of drug-likeness (QED) is 0.887. The monoisotopic (exact) mass is 240 g/mol. The fourth-order valence-corrected chi connectivity index (χ4v) is 2.56. The standard InChI is InChI=1S/C16H20N2/c1-12-3-4-15-8-16(6-5-14(15)7-12)18(2)11-13-9-17-10-13/h3-8,13,17H,9-11H2,1-2H3. The summed E-state index contributed by atoms with van der Waals surface area (Å²) in [5.74, 6) is 0.809. The number of hydrogen-bond donors (Lipinski definition) is 1. The van der Waals surface area contributed by atoms with Gasteiger partial charge >= 0.3 is 0 Å². The van der Waals surface area contributed by atoms with Crippen molar-refractivity contribution >= 4 is 16.5 Å². The highest BCUT2D eigenvalue weighted by atomic mass is 15.1. The lowest BCUT2D eigenvalue weighted by Gasteiger charge is -2.32. The Morgan fingerprint density at radius 1 is 1.11 bits per heavy atom. The normalized spacial score (nSPS) is 15.7. The summed E-state index contributed by atoms with van der Waals surface area (Å²) in [6.07, 6.45) is 0. The summed E-state index contributed by atoms with van der Waals surface area (Å²) in [5.41, 5.74) is 2.64. The first-order valence-corrected chi connectivity index (χ1v) is 6.64. The van der Waals surface area contributed by atoms with Gasteiger partial charge in [-0.15, -0.1) is 0 Å². The first-order valence-electron chi connectivity index (χ1n) is 6.64. The van der Waals surface area contributed by atoms with Crippen molar-refractivity contribution in [3.8, 4) is 0 Å². The van der Waals surface area contributed by atoms with E-state index in [1.807, 2.05) is 0 Å². The van der Waals surface area contributed by atoms with Gasteiger partial charge in [0, 0.05) is 38.3 Å². The van der Waals surface area contributed by atoms with Gasteiger partial charge in [0.25, 0.3) is 0 Å². The average molecular weight is 240 g/mol. The molecule has 2 aromatic rings. The molecule has 0 amide bonds. The zero-order valence-corrected chi connectivity index (χ0v) is 11.1. The maximum Gasteiger partial charge on any atom is 0.0370 e. The molecule has 1 heterocycles. The lowest BCUT2D eigenvalue weighted by Crippen LogP contribution is -2.47. The summed E-state index contributed by atoms with van der Waals surface area (Å²) in [4.78, 5) is 2.37. The predicted octanol–water partition coefficient (Wildman–Crippen LogP) is 2.80. The molecular weight excluding hydrogens is 220 g/mol. The molecule has 18 heavy (non-hydrogen) atoms.